The van der Waals surface area contributed by atoms with Crippen LogP contribution >= 0.6 is 0 Å². The number of amides is 1. The van der Waals surface area contributed by atoms with Gasteiger partial charge in [0, 0.05) is 0 Å². The average molecular weight is 250 g/mol. The van der Waals surface area contributed by atoms with Gasteiger partial charge >= 0.3 is 0 Å². The van der Waals surface area contributed by atoms with Crippen LogP contribution in [0, 0.1) is 6.92 Å². The monoisotopic (exact) mass is 250 g/mol. The van der Waals surface area contributed by atoms with Gasteiger partial charge in [-0.2, -0.15) is 0 Å². The van der Waals surface area contributed by atoms with Gasteiger partial charge in [-0.05, 0) is 44.9 Å². The zero-order valence-corrected chi connectivity index (χ0v) is 11.5. The molecule has 1 aromatic carbocycles. The second-order valence-electron chi connectivity index (χ2n) is 5.04. The number of carbonyl (C=O) groups is 1. The maximum absolute atomic E-state index is 11.7. The molecule has 0 fully saturated rings. The van der Waals surface area contributed by atoms with Gasteiger partial charge in [0.15, 0.2) is 0 Å². The van der Waals surface area contributed by atoms with E-state index in [1.54, 1.807) is 6.07 Å². The zero-order chi connectivity index (χ0) is 13.8. The summed E-state index contributed by atoms with van der Waals surface area (Å²) in [5, 5.41) is 2.75. The van der Waals surface area contributed by atoms with Gasteiger partial charge in [-0.25, -0.2) is 0 Å². The van der Waals surface area contributed by atoms with E-state index in [0.717, 1.165) is 12.0 Å². The molecule has 0 aliphatic carbocycles. The van der Waals surface area contributed by atoms with Gasteiger partial charge in [0.2, 0.25) is 5.91 Å². The standard InChI is InChI=1S/C14H22N2O2/c1-5-14(3,4)18-9-13(17)16-12-7-6-10(2)8-11(12)15/h6-8H,5,9,15H2,1-4H3,(H,16,17). The Morgan fingerprint density at radius 2 is 2.11 bits per heavy atom. The van der Waals surface area contributed by atoms with Crippen molar-refractivity contribution >= 4 is 17.3 Å². The lowest BCUT2D eigenvalue weighted by Gasteiger charge is -2.23. The Bertz CT molecular complexity index is 428. The number of carbonyl (C=O) groups excluding carboxylic acids is 1. The van der Waals surface area contributed by atoms with Gasteiger partial charge in [-0.3, -0.25) is 4.79 Å². The Morgan fingerprint density at radius 1 is 1.44 bits per heavy atom. The molecule has 0 atom stereocenters. The Labute approximate surface area is 109 Å². The van der Waals surface area contributed by atoms with Crippen molar-refractivity contribution in [3.05, 3.63) is 23.8 Å². The van der Waals surface area contributed by atoms with Gasteiger partial charge in [0.25, 0.3) is 0 Å². The summed E-state index contributed by atoms with van der Waals surface area (Å²) in [6.45, 7) is 7.93. The molecular weight excluding hydrogens is 228 g/mol. The molecule has 1 amide bonds. The van der Waals surface area contributed by atoms with Crippen LogP contribution in [-0.2, 0) is 9.53 Å². The SMILES string of the molecule is CCC(C)(C)OCC(=O)Nc1ccc(C)cc1N. The molecule has 3 N–H and O–H groups in total. The number of hydrogen-bond donors (Lipinski definition) is 2. The van der Waals surface area contributed by atoms with Gasteiger partial charge in [0.1, 0.15) is 6.61 Å². The Kier molecular flexibility index (Phi) is 4.73. The van der Waals surface area contributed by atoms with E-state index in [9.17, 15) is 4.79 Å². The van der Waals surface area contributed by atoms with Crippen LogP contribution in [0.4, 0.5) is 11.4 Å². The summed E-state index contributed by atoms with van der Waals surface area (Å²) in [6, 6.07) is 5.53. The van der Waals surface area contributed by atoms with Crippen LogP contribution in [0.15, 0.2) is 18.2 Å². The predicted octanol–water partition coefficient (Wildman–Crippen LogP) is 2.72. The maximum atomic E-state index is 11.7. The van der Waals surface area contributed by atoms with Crippen molar-refractivity contribution in [1.29, 1.82) is 0 Å². The normalized spacial score (nSPS) is 11.3. The maximum Gasteiger partial charge on any atom is 0.250 e. The highest BCUT2D eigenvalue weighted by atomic mass is 16.5. The number of ether oxygens (including phenoxy) is 1. The summed E-state index contributed by atoms with van der Waals surface area (Å²) in [5.74, 6) is -0.188. The van der Waals surface area contributed by atoms with Crippen molar-refractivity contribution < 1.29 is 9.53 Å². The Hall–Kier alpha value is -1.55. The van der Waals surface area contributed by atoms with E-state index < -0.39 is 0 Å². The van der Waals surface area contributed by atoms with Crippen molar-refractivity contribution in [2.75, 3.05) is 17.7 Å². The van der Waals surface area contributed by atoms with E-state index >= 15 is 0 Å². The topological polar surface area (TPSA) is 64.3 Å². The largest absolute Gasteiger partial charge is 0.397 e. The lowest BCUT2D eigenvalue weighted by molar-refractivity contribution is -0.126. The molecule has 0 unspecified atom stereocenters. The quantitative estimate of drug-likeness (QED) is 0.790. The number of nitrogen functional groups attached to an aromatic ring is 1. The molecule has 0 aliphatic heterocycles. The highest BCUT2D eigenvalue weighted by Crippen LogP contribution is 2.19. The average Bonchev–Trinajstić information content (AvgIpc) is 2.30. The minimum Gasteiger partial charge on any atom is -0.397 e. The van der Waals surface area contributed by atoms with Crippen LogP contribution in [-0.4, -0.2) is 18.1 Å². The van der Waals surface area contributed by atoms with Crippen molar-refractivity contribution in [3.8, 4) is 0 Å². The molecule has 1 rings (SSSR count). The smallest absolute Gasteiger partial charge is 0.250 e. The summed E-state index contributed by atoms with van der Waals surface area (Å²) in [4.78, 5) is 11.7. The summed E-state index contributed by atoms with van der Waals surface area (Å²) < 4.78 is 5.52. The van der Waals surface area contributed by atoms with Gasteiger partial charge < -0.3 is 15.8 Å². The predicted molar refractivity (Wildman–Crippen MR) is 74.5 cm³/mol. The lowest BCUT2D eigenvalue weighted by Crippen LogP contribution is -2.29. The number of anilines is 2. The van der Waals surface area contributed by atoms with E-state index in [4.69, 9.17) is 10.5 Å². The first-order chi connectivity index (χ1) is 8.34. The Morgan fingerprint density at radius 3 is 2.67 bits per heavy atom. The van der Waals surface area contributed by atoms with E-state index in [1.807, 2.05) is 39.8 Å². The van der Waals surface area contributed by atoms with Crippen LogP contribution in [0.1, 0.15) is 32.8 Å². The van der Waals surface area contributed by atoms with Crippen LogP contribution in [0.25, 0.3) is 0 Å². The number of nitrogens with two attached hydrogens (primary N) is 1. The third kappa shape index (κ3) is 4.37. The first-order valence-electron chi connectivity index (χ1n) is 6.14. The van der Waals surface area contributed by atoms with Crippen LogP contribution in [0.2, 0.25) is 0 Å². The van der Waals surface area contributed by atoms with Gasteiger partial charge in [-0.15, -0.1) is 0 Å². The number of nitrogens with one attached hydrogen (secondary N) is 1. The van der Waals surface area contributed by atoms with Gasteiger partial charge in [0.05, 0.1) is 17.0 Å². The van der Waals surface area contributed by atoms with Crippen LogP contribution in [0.5, 0.6) is 0 Å². The number of benzene rings is 1. The fraction of sp³-hybridized carbons (Fsp3) is 0.500. The van der Waals surface area contributed by atoms with E-state index in [0.29, 0.717) is 11.4 Å². The summed E-state index contributed by atoms with van der Waals surface area (Å²) in [6.07, 6.45) is 0.854. The lowest BCUT2D eigenvalue weighted by atomic mass is 10.1. The highest BCUT2D eigenvalue weighted by molar-refractivity contribution is 5.94. The summed E-state index contributed by atoms with van der Waals surface area (Å²) in [5.41, 5.74) is 7.80. The molecule has 4 nitrogen and oxygen atoms in total. The highest BCUT2D eigenvalue weighted by Gasteiger charge is 2.17. The van der Waals surface area contributed by atoms with Gasteiger partial charge in [-0.1, -0.05) is 13.0 Å². The molecule has 1 aromatic rings. The number of rotatable bonds is 5. The minimum atomic E-state index is -0.282. The number of hydrogen-bond acceptors (Lipinski definition) is 3. The fourth-order valence-electron chi connectivity index (χ4n) is 1.35. The second-order valence-corrected chi connectivity index (χ2v) is 5.04. The molecule has 100 valence electrons. The second kappa shape index (κ2) is 5.87. The molecule has 0 saturated heterocycles. The summed E-state index contributed by atoms with van der Waals surface area (Å²) >= 11 is 0. The Balaban J connectivity index is 2.55. The molecule has 0 radical (unpaired) electrons. The molecule has 4 heteroatoms. The molecule has 0 saturated carbocycles. The molecule has 0 heterocycles. The first kappa shape index (κ1) is 14.5. The van der Waals surface area contributed by atoms with Crippen molar-refractivity contribution in [2.24, 2.45) is 0 Å². The molecule has 0 bridgehead atoms. The molecule has 18 heavy (non-hydrogen) atoms. The zero-order valence-electron chi connectivity index (χ0n) is 11.5. The third-order valence-corrected chi connectivity index (χ3v) is 2.93. The number of aryl methyl sites for hydroxylation is 1. The minimum absolute atomic E-state index is 0.0359. The van der Waals surface area contributed by atoms with Crippen molar-refractivity contribution in [1.82, 2.24) is 0 Å². The third-order valence-electron chi connectivity index (χ3n) is 2.93. The molecular formula is C14H22N2O2. The van der Waals surface area contributed by atoms with Crippen LogP contribution < -0.4 is 11.1 Å². The molecule has 0 spiro atoms. The fourth-order valence-corrected chi connectivity index (χ4v) is 1.35. The summed E-state index contributed by atoms with van der Waals surface area (Å²) in [7, 11) is 0. The van der Waals surface area contributed by atoms with Crippen molar-refractivity contribution in [3.63, 3.8) is 0 Å². The first-order valence-corrected chi connectivity index (χ1v) is 6.14. The molecule has 0 aliphatic rings. The molecule has 0 aromatic heterocycles. The van der Waals surface area contributed by atoms with Crippen molar-refractivity contribution in [2.45, 2.75) is 39.7 Å². The van der Waals surface area contributed by atoms with Crippen LogP contribution in [0.3, 0.4) is 0 Å². The van der Waals surface area contributed by atoms with E-state index in [1.165, 1.54) is 0 Å². The van der Waals surface area contributed by atoms with E-state index in [-0.39, 0.29) is 18.1 Å². The van der Waals surface area contributed by atoms with E-state index in [2.05, 4.69) is 5.32 Å².